The average molecular weight is 278 g/mol. The van der Waals surface area contributed by atoms with E-state index in [0.29, 0.717) is 5.69 Å². The van der Waals surface area contributed by atoms with Gasteiger partial charge >= 0.3 is 0 Å². The van der Waals surface area contributed by atoms with Gasteiger partial charge in [0.2, 0.25) is 0 Å². The number of hydrogen-bond donors (Lipinski definition) is 0. The predicted octanol–water partition coefficient (Wildman–Crippen LogP) is 3.50. The van der Waals surface area contributed by atoms with Crippen LogP contribution >= 0.6 is 15.9 Å². The van der Waals surface area contributed by atoms with Gasteiger partial charge in [0, 0.05) is 23.0 Å². The van der Waals surface area contributed by atoms with Crippen LogP contribution in [0.3, 0.4) is 0 Å². The molecule has 2 aromatic heterocycles. The second-order valence-corrected chi connectivity index (χ2v) is 4.62. The number of aldehydes is 1. The first-order chi connectivity index (χ1) is 7.70. The van der Waals surface area contributed by atoms with Crippen LogP contribution in [0.1, 0.15) is 10.5 Å². The van der Waals surface area contributed by atoms with Crippen LogP contribution in [0.25, 0.3) is 22.1 Å². The molecule has 0 aliphatic rings. The molecular weight excluding hydrogens is 270 g/mol. The van der Waals surface area contributed by atoms with Gasteiger partial charge in [-0.2, -0.15) is 0 Å². The van der Waals surface area contributed by atoms with Crippen molar-refractivity contribution in [2.75, 3.05) is 0 Å². The second-order valence-electron chi connectivity index (χ2n) is 3.70. The van der Waals surface area contributed by atoms with E-state index in [1.165, 1.54) is 0 Å². The molecule has 0 aliphatic carbocycles. The lowest BCUT2D eigenvalue weighted by atomic mass is 10.2. The van der Waals surface area contributed by atoms with Crippen molar-refractivity contribution in [1.82, 2.24) is 4.57 Å². The van der Waals surface area contributed by atoms with E-state index in [9.17, 15) is 4.79 Å². The largest absolute Gasteiger partial charge is 0.454 e. The van der Waals surface area contributed by atoms with Gasteiger partial charge in [-0.25, -0.2) is 0 Å². The number of hydrogen-bond acceptors (Lipinski definition) is 2. The third-order valence-electron chi connectivity index (χ3n) is 2.77. The summed E-state index contributed by atoms with van der Waals surface area (Å²) in [7, 11) is 1.86. The molecule has 16 heavy (non-hydrogen) atoms. The molecule has 3 aromatic rings. The number of rotatable bonds is 1. The van der Waals surface area contributed by atoms with E-state index in [1.54, 1.807) is 6.07 Å². The molecule has 4 heteroatoms. The summed E-state index contributed by atoms with van der Waals surface area (Å²) in [4.78, 5) is 10.8. The molecule has 0 N–H and O–H groups in total. The van der Waals surface area contributed by atoms with Gasteiger partial charge in [-0.15, -0.1) is 0 Å². The van der Waals surface area contributed by atoms with Crippen LogP contribution in [-0.4, -0.2) is 10.9 Å². The Bertz CT molecular complexity index is 709. The van der Waals surface area contributed by atoms with Crippen molar-refractivity contribution in [2.24, 2.45) is 7.05 Å². The molecule has 0 aliphatic heterocycles. The number of benzene rings is 1. The number of halogens is 1. The van der Waals surface area contributed by atoms with E-state index < -0.39 is 0 Å². The lowest BCUT2D eigenvalue weighted by Gasteiger charge is -1.96. The van der Waals surface area contributed by atoms with E-state index in [2.05, 4.69) is 15.9 Å². The zero-order chi connectivity index (χ0) is 11.3. The number of fused-ring (bicyclic) bond motifs is 3. The number of carbonyl (C=O) groups excluding carboxylic acids is 1. The van der Waals surface area contributed by atoms with Gasteiger partial charge in [-0.1, -0.05) is 15.9 Å². The summed E-state index contributed by atoms with van der Waals surface area (Å²) in [5.74, 6) is 0. The Kier molecular flexibility index (Phi) is 1.94. The first-order valence-corrected chi connectivity index (χ1v) is 5.62. The molecule has 0 unspecified atom stereocenters. The molecule has 3 nitrogen and oxygen atoms in total. The highest BCUT2D eigenvalue weighted by Gasteiger charge is 2.13. The third-order valence-corrected chi connectivity index (χ3v) is 3.27. The smallest absolute Gasteiger partial charge is 0.166 e. The average Bonchev–Trinajstić information content (AvgIpc) is 2.75. The van der Waals surface area contributed by atoms with Gasteiger partial charge < -0.3 is 8.98 Å². The van der Waals surface area contributed by atoms with Gasteiger partial charge in [-0.05, 0) is 18.2 Å². The lowest BCUT2D eigenvalue weighted by Crippen LogP contribution is -1.93. The summed E-state index contributed by atoms with van der Waals surface area (Å²) in [5.41, 5.74) is 3.16. The minimum Gasteiger partial charge on any atom is -0.454 e. The van der Waals surface area contributed by atoms with Gasteiger partial charge in [0.1, 0.15) is 5.58 Å². The molecule has 0 spiro atoms. The normalized spacial score (nSPS) is 11.4. The first-order valence-electron chi connectivity index (χ1n) is 4.83. The maximum absolute atomic E-state index is 10.8. The minimum absolute atomic E-state index is 0.624. The summed E-state index contributed by atoms with van der Waals surface area (Å²) < 4.78 is 8.52. The fraction of sp³-hybridized carbons (Fsp3) is 0.0833. The molecule has 1 aromatic carbocycles. The molecule has 0 fully saturated rings. The molecule has 0 saturated carbocycles. The second kappa shape index (κ2) is 3.22. The molecule has 0 bridgehead atoms. The minimum atomic E-state index is 0.624. The van der Waals surface area contributed by atoms with Crippen molar-refractivity contribution < 1.29 is 9.21 Å². The summed E-state index contributed by atoms with van der Waals surface area (Å²) in [6.45, 7) is 0. The summed E-state index contributed by atoms with van der Waals surface area (Å²) >= 11 is 3.40. The molecule has 0 atom stereocenters. The lowest BCUT2D eigenvalue weighted by molar-refractivity contribution is 0.111. The van der Waals surface area contributed by atoms with Crippen LogP contribution in [0.5, 0.6) is 0 Å². The maximum Gasteiger partial charge on any atom is 0.166 e. The highest BCUT2D eigenvalue weighted by atomic mass is 79.9. The topological polar surface area (TPSA) is 35.1 Å². The predicted molar refractivity (Wildman–Crippen MR) is 65.8 cm³/mol. The highest BCUT2D eigenvalue weighted by Crippen LogP contribution is 2.31. The van der Waals surface area contributed by atoms with Crippen molar-refractivity contribution in [2.45, 2.75) is 0 Å². The Morgan fingerprint density at radius 1 is 1.31 bits per heavy atom. The standard InChI is InChI=1S/C12H8BrNO2/c1-14-8(6-15)5-11-12(14)9-3-2-7(13)4-10(9)16-11/h2-6H,1H3. The molecule has 0 saturated heterocycles. The molecule has 0 radical (unpaired) electrons. The Morgan fingerprint density at radius 3 is 2.88 bits per heavy atom. The van der Waals surface area contributed by atoms with Crippen molar-refractivity contribution >= 4 is 44.3 Å². The number of furan rings is 1. The fourth-order valence-corrected chi connectivity index (χ4v) is 2.33. The number of nitrogens with zero attached hydrogens (tertiary/aromatic N) is 1. The number of carbonyl (C=O) groups is 1. The van der Waals surface area contributed by atoms with E-state index >= 15 is 0 Å². The summed E-state index contributed by atoms with van der Waals surface area (Å²) in [5, 5.41) is 1.02. The van der Waals surface area contributed by atoms with Crippen molar-refractivity contribution in [1.29, 1.82) is 0 Å². The van der Waals surface area contributed by atoms with Gasteiger partial charge in [0.05, 0.1) is 11.2 Å². The van der Waals surface area contributed by atoms with Crippen LogP contribution in [0.4, 0.5) is 0 Å². The zero-order valence-corrected chi connectivity index (χ0v) is 10.1. The maximum atomic E-state index is 10.8. The van der Waals surface area contributed by atoms with Crippen molar-refractivity contribution in [3.8, 4) is 0 Å². The Balaban J connectivity index is 2.51. The molecule has 0 amide bonds. The van der Waals surface area contributed by atoms with E-state index in [4.69, 9.17) is 4.42 Å². The number of aromatic nitrogens is 1. The van der Waals surface area contributed by atoms with Crippen LogP contribution in [0.2, 0.25) is 0 Å². The monoisotopic (exact) mass is 277 g/mol. The highest BCUT2D eigenvalue weighted by molar-refractivity contribution is 9.10. The quantitative estimate of drug-likeness (QED) is 0.638. The zero-order valence-electron chi connectivity index (χ0n) is 8.53. The first kappa shape index (κ1) is 9.66. The van der Waals surface area contributed by atoms with E-state index in [-0.39, 0.29) is 0 Å². The summed E-state index contributed by atoms with van der Waals surface area (Å²) in [6, 6.07) is 7.64. The van der Waals surface area contributed by atoms with Crippen LogP contribution < -0.4 is 0 Å². The molecule has 80 valence electrons. The Hall–Kier alpha value is -1.55. The van der Waals surface area contributed by atoms with Gasteiger partial charge in [-0.3, -0.25) is 4.79 Å². The summed E-state index contributed by atoms with van der Waals surface area (Å²) in [6.07, 6.45) is 0.834. The van der Waals surface area contributed by atoms with Crippen LogP contribution in [-0.2, 0) is 7.05 Å². The SMILES string of the molecule is Cn1c(C=O)cc2oc3cc(Br)ccc3c21. The molecule has 3 rings (SSSR count). The molecule has 2 heterocycles. The number of aryl methyl sites for hydroxylation is 1. The van der Waals surface area contributed by atoms with E-state index in [1.807, 2.05) is 29.8 Å². The fourth-order valence-electron chi connectivity index (χ4n) is 1.99. The van der Waals surface area contributed by atoms with Crippen LogP contribution in [0.15, 0.2) is 33.2 Å². The third kappa shape index (κ3) is 1.16. The van der Waals surface area contributed by atoms with Gasteiger partial charge in [0.25, 0.3) is 0 Å². The van der Waals surface area contributed by atoms with E-state index in [0.717, 1.165) is 32.8 Å². The Labute approximate surface area is 99.8 Å². The van der Waals surface area contributed by atoms with Crippen molar-refractivity contribution in [3.05, 3.63) is 34.4 Å². The van der Waals surface area contributed by atoms with Crippen molar-refractivity contribution in [3.63, 3.8) is 0 Å². The Morgan fingerprint density at radius 2 is 2.12 bits per heavy atom. The molecular formula is C12H8BrNO2. The van der Waals surface area contributed by atoms with Gasteiger partial charge in [0.15, 0.2) is 11.9 Å². The van der Waals surface area contributed by atoms with Crippen LogP contribution in [0, 0.1) is 0 Å².